The lowest BCUT2D eigenvalue weighted by atomic mass is 9.92. The molecular weight excluding hydrogens is 328 g/mol. The molecule has 1 fully saturated rings. The minimum atomic E-state index is -0.0813. The van der Waals surface area contributed by atoms with Crippen LogP contribution in [-0.4, -0.2) is 55.5 Å². The van der Waals surface area contributed by atoms with E-state index in [-0.39, 0.29) is 17.7 Å². The summed E-state index contributed by atoms with van der Waals surface area (Å²) in [6, 6.07) is 7.48. The number of benzene rings is 1. The number of nitrogens with one attached hydrogen (secondary N) is 3. The van der Waals surface area contributed by atoms with Crippen LogP contribution in [0.15, 0.2) is 24.3 Å². The third kappa shape index (κ3) is 6.11. The van der Waals surface area contributed by atoms with E-state index in [1.807, 2.05) is 0 Å². The molecule has 6 heteroatoms. The molecule has 26 heavy (non-hydrogen) atoms. The molecular formula is C20H32N4O2. The monoisotopic (exact) mass is 360 g/mol. The van der Waals surface area contributed by atoms with Crippen molar-refractivity contribution in [3.8, 4) is 0 Å². The summed E-state index contributed by atoms with van der Waals surface area (Å²) in [6.45, 7) is 10.7. The minimum Gasteiger partial charge on any atom is -0.351 e. The molecule has 0 saturated carbocycles. The summed E-state index contributed by atoms with van der Waals surface area (Å²) >= 11 is 0. The SMILES string of the molecule is CCN(CC)CCNC(=O)c1ccc(NC(=O)[C@H]2CCN[C@@H](C)C2)cc1. The zero-order chi connectivity index (χ0) is 18.9. The molecule has 2 atom stereocenters. The van der Waals surface area contributed by atoms with Gasteiger partial charge in [-0.15, -0.1) is 0 Å². The second-order valence-electron chi connectivity index (χ2n) is 6.93. The first-order chi connectivity index (χ1) is 12.5. The van der Waals surface area contributed by atoms with Gasteiger partial charge in [0.1, 0.15) is 0 Å². The van der Waals surface area contributed by atoms with Gasteiger partial charge < -0.3 is 20.9 Å². The van der Waals surface area contributed by atoms with Crippen molar-refractivity contribution < 1.29 is 9.59 Å². The number of hydrogen-bond donors (Lipinski definition) is 3. The molecule has 1 aromatic carbocycles. The van der Waals surface area contributed by atoms with E-state index >= 15 is 0 Å². The number of likely N-dealkylation sites (N-methyl/N-ethyl adjacent to an activating group) is 1. The maximum absolute atomic E-state index is 12.4. The molecule has 2 rings (SSSR count). The van der Waals surface area contributed by atoms with Gasteiger partial charge in [-0.1, -0.05) is 13.8 Å². The molecule has 0 bridgehead atoms. The fourth-order valence-corrected chi connectivity index (χ4v) is 3.29. The second-order valence-corrected chi connectivity index (χ2v) is 6.93. The zero-order valence-electron chi connectivity index (χ0n) is 16.2. The average Bonchev–Trinajstić information content (AvgIpc) is 2.65. The molecule has 0 radical (unpaired) electrons. The number of carbonyl (C=O) groups excluding carboxylic acids is 2. The van der Waals surface area contributed by atoms with E-state index < -0.39 is 0 Å². The van der Waals surface area contributed by atoms with Crippen molar-refractivity contribution in [2.45, 2.75) is 39.7 Å². The van der Waals surface area contributed by atoms with Crippen LogP contribution in [0.4, 0.5) is 5.69 Å². The maximum atomic E-state index is 12.4. The van der Waals surface area contributed by atoms with Gasteiger partial charge in [0.25, 0.3) is 5.91 Å². The predicted octanol–water partition coefficient (Wildman–Crippen LogP) is 2.08. The predicted molar refractivity (Wildman–Crippen MR) is 105 cm³/mol. The molecule has 1 saturated heterocycles. The third-order valence-electron chi connectivity index (χ3n) is 5.02. The van der Waals surface area contributed by atoms with Gasteiger partial charge in [-0.25, -0.2) is 0 Å². The van der Waals surface area contributed by atoms with Gasteiger partial charge >= 0.3 is 0 Å². The van der Waals surface area contributed by atoms with E-state index in [9.17, 15) is 9.59 Å². The smallest absolute Gasteiger partial charge is 0.251 e. The van der Waals surface area contributed by atoms with Crippen molar-refractivity contribution in [1.82, 2.24) is 15.5 Å². The fraction of sp³-hybridized carbons (Fsp3) is 0.600. The highest BCUT2D eigenvalue weighted by Crippen LogP contribution is 2.19. The van der Waals surface area contributed by atoms with E-state index in [0.29, 0.717) is 18.2 Å². The molecule has 0 aromatic heterocycles. The summed E-state index contributed by atoms with van der Waals surface area (Å²) in [4.78, 5) is 26.8. The van der Waals surface area contributed by atoms with Crippen LogP contribution in [0, 0.1) is 5.92 Å². The Morgan fingerprint density at radius 2 is 1.88 bits per heavy atom. The van der Waals surface area contributed by atoms with Crippen LogP contribution >= 0.6 is 0 Å². The largest absolute Gasteiger partial charge is 0.351 e. The van der Waals surface area contributed by atoms with Gasteiger partial charge in [0.05, 0.1) is 0 Å². The van der Waals surface area contributed by atoms with Gasteiger partial charge in [-0.05, 0) is 63.7 Å². The number of nitrogens with zero attached hydrogens (tertiary/aromatic N) is 1. The lowest BCUT2D eigenvalue weighted by Crippen LogP contribution is -2.40. The van der Waals surface area contributed by atoms with Crippen molar-refractivity contribution in [2.75, 3.05) is 38.0 Å². The molecule has 1 aliphatic heterocycles. The first-order valence-electron chi connectivity index (χ1n) is 9.68. The molecule has 1 aliphatic rings. The molecule has 0 unspecified atom stereocenters. The topological polar surface area (TPSA) is 73.5 Å². The number of rotatable bonds is 8. The lowest BCUT2D eigenvalue weighted by Gasteiger charge is -2.27. The van der Waals surface area contributed by atoms with E-state index in [4.69, 9.17) is 0 Å². The first kappa shape index (κ1) is 20.4. The molecule has 1 heterocycles. The summed E-state index contributed by atoms with van der Waals surface area (Å²) in [5, 5.41) is 9.26. The number of anilines is 1. The molecule has 1 aromatic rings. The Bertz CT molecular complexity index is 584. The summed E-state index contributed by atoms with van der Waals surface area (Å²) in [7, 11) is 0. The van der Waals surface area contributed by atoms with Crippen molar-refractivity contribution in [2.24, 2.45) is 5.92 Å². The van der Waals surface area contributed by atoms with Gasteiger partial charge in [0.15, 0.2) is 0 Å². The van der Waals surface area contributed by atoms with E-state index in [2.05, 4.69) is 41.6 Å². The van der Waals surface area contributed by atoms with Gasteiger partial charge in [0, 0.05) is 36.3 Å². The first-order valence-corrected chi connectivity index (χ1v) is 9.68. The Balaban J connectivity index is 1.81. The van der Waals surface area contributed by atoms with Crippen molar-refractivity contribution >= 4 is 17.5 Å². The Morgan fingerprint density at radius 3 is 2.50 bits per heavy atom. The summed E-state index contributed by atoms with van der Waals surface area (Å²) in [5.41, 5.74) is 1.35. The Hall–Kier alpha value is -1.92. The van der Waals surface area contributed by atoms with Crippen molar-refractivity contribution in [3.05, 3.63) is 29.8 Å². The Morgan fingerprint density at radius 1 is 1.19 bits per heavy atom. The zero-order valence-corrected chi connectivity index (χ0v) is 16.2. The van der Waals surface area contributed by atoms with E-state index in [0.717, 1.165) is 44.7 Å². The van der Waals surface area contributed by atoms with Crippen LogP contribution in [-0.2, 0) is 4.79 Å². The second kappa shape index (κ2) is 10.3. The fourth-order valence-electron chi connectivity index (χ4n) is 3.29. The quantitative estimate of drug-likeness (QED) is 0.664. The lowest BCUT2D eigenvalue weighted by molar-refractivity contribution is -0.120. The van der Waals surface area contributed by atoms with Crippen LogP contribution in [0.5, 0.6) is 0 Å². The minimum absolute atomic E-state index is 0.0503. The van der Waals surface area contributed by atoms with E-state index in [1.54, 1.807) is 24.3 Å². The highest BCUT2D eigenvalue weighted by molar-refractivity contribution is 5.96. The summed E-state index contributed by atoms with van der Waals surface area (Å²) in [5.74, 6) is 0.0336. The number of hydrogen-bond acceptors (Lipinski definition) is 4. The standard InChI is InChI=1S/C20H32N4O2/c1-4-24(5-2)13-12-22-19(25)16-6-8-18(9-7-16)23-20(26)17-10-11-21-15(3)14-17/h6-9,15,17,21H,4-5,10-14H2,1-3H3,(H,22,25)(H,23,26)/t15-,17-/m0/s1. The van der Waals surface area contributed by atoms with Crippen LogP contribution < -0.4 is 16.0 Å². The van der Waals surface area contributed by atoms with Crippen molar-refractivity contribution in [1.29, 1.82) is 0 Å². The third-order valence-corrected chi connectivity index (χ3v) is 5.02. The Kier molecular flexibility index (Phi) is 8.06. The van der Waals surface area contributed by atoms with Crippen LogP contribution in [0.2, 0.25) is 0 Å². The molecule has 2 amide bonds. The molecule has 144 valence electrons. The number of piperidine rings is 1. The molecule has 0 spiro atoms. The highest BCUT2D eigenvalue weighted by atomic mass is 16.2. The van der Waals surface area contributed by atoms with Gasteiger partial charge in [0.2, 0.25) is 5.91 Å². The van der Waals surface area contributed by atoms with Gasteiger partial charge in [-0.3, -0.25) is 9.59 Å². The van der Waals surface area contributed by atoms with Gasteiger partial charge in [-0.2, -0.15) is 0 Å². The van der Waals surface area contributed by atoms with Crippen LogP contribution in [0.25, 0.3) is 0 Å². The van der Waals surface area contributed by atoms with Crippen LogP contribution in [0.3, 0.4) is 0 Å². The average molecular weight is 361 g/mol. The molecule has 3 N–H and O–H groups in total. The van der Waals surface area contributed by atoms with Crippen LogP contribution in [0.1, 0.15) is 44.0 Å². The highest BCUT2D eigenvalue weighted by Gasteiger charge is 2.24. The molecule has 6 nitrogen and oxygen atoms in total. The number of carbonyl (C=O) groups is 2. The molecule has 0 aliphatic carbocycles. The van der Waals surface area contributed by atoms with Crippen molar-refractivity contribution in [3.63, 3.8) is 0 Å². The summed E-state index contributed by atoms with van der Waals surface area (Å²) in [6.07, 6.45) is 1.72. The maximum Gasteiger partial charge on any atom is 0.251 e. The normalized spacial score (nSPS) is 20.0. The number of amides is 2. The van der Waals surface area contributed by atoms with E-state index in [1.165, 1.54) is 0 Å². The Labute approximate surface area is 156 Å². The summed E-state index contributed by atoms with van der Waals surface area (Å²) < 4.78 is 0.